The van der Waals surface area contributed by atoms with Crippen molar-refractivity contribution in [2.24, 2.45) is 0 Å². The van der Waals surface area contributed by atoms with Gasteiger partial charge in [0.25, 0.3) is 5.91 Å². The molecule has 3 aromatic rings. The Bertz CT molecular complexity index is 1230. The largest absolute Gasteiger partial charge is 0.465 e. The van der Waals surface area contributed by atoms with Crippen LogP contribution in [-0.2, 0) is 14.8 Å². The van der Waals surface area contributed by atoms with Crippen LogP contribution in [-0.4, -0.2) is 44.8 Å². The normalized spacial score (nSPS) is 14.1. The standard InChI is InChI=1S/C21H20N2O5S2/c1-23(14-9-10-14)30(26,27)15-11-7-13(8-12-15)19(24)22-20-18(21(25)28-2)16-5-3-4-6-17(16)29-20/h3-8,11-12,14H,9-10H2,1-2H3,(H,22,24). The van der Waals surface area contributed by atoms with Gasteiger partial charge in [0, 0.05) is 28.7 Å². The van der Waals surface area contributed by atoms with Crippen molar-refractivity contribution in [1.29, 1.82) is 0 Å². The molecule has 1 aliphatic carbocycles. The summed E-state index contributed by atoms with van der Waals surface area (Å²) < 4.78 is 32.3. The van der Waals surface area contributed by atoms with E-state index in [1.54, 1.807) is 13.1 Å². The van der Waals surface area contributed by atoms with E-state index in [9.17, 15) is 18.0 Å². The van der Waals surface area contributed by atoms with Gasteiger partial charge in [-0.05, 0) is 43.2 Å². The Morgan fingerprint density at radius 2 is 1.77 bits per heavy atom. The molecule has 4 rings (SSSR count). The highest BCUT2D eigenvalue weighted by atomic mass is 32.2. The minimum Gasteiger partial charge on any atom is -0.465 e. The van der Waals surface area contributed by atoms with E-state index in [1.807, 2.05) is 18.2 Å². The van der Waals surface area contributed by atoms with Gasteiger partial charge in [-0.3, -0.25) is 4.79 Å². The number of carbonyl (C=O) groups excluding carboxylic acids is 2. The molecule has 1 amide bonds. The van der Waals surface area contributed by atoms with E-state index in [-0.39, 0.29) is 16.5 Å². The molecule has 156 valence electrons. The van der Waals surface area contributed by atoms with Crippen LogP contribution in [0.1, 0.15) is 33.6 Å². The lowest BCUT2D eigenvalue weighted by atomic mass is 10.1. The van der Waals surface area contributed by atoms with Gasteiger partial charge >= 0.3 is 5.97 Å². The van der Waals surface area contributed by atoms with Gasteiger partial charge in [0.2, 0.25) is 10.0 Å². The zero-order chi connectivity index (χ0) is 21.5. The van der Waals surface area contributed by atoms with E-state index in [1.165, 1.54) is 47.0 Å². The summed E-state index contributed by atoms with van der Waals surface area (Å²) in [4.78, 5) is 25.2. The molecule has 0 aliphatic heterocycles. The predicted molar refractivity (Wildman–Crippen MR) is 116 cm³/mol. The molecule has 1 fully saturated rings. The lowest BCUT2D eigenvalue weighted by Gasteiger charge is -2.16. The number of fused-ring (bicyclic) bond motifs is 1. The lowest BCUT2D eigenvalue weighted by Crippen LogP contribution is -2.29. The maximum absolute atomic E-state index is 12.8. The fourth-order valence-electron chi connectivity index (χ4n) is 3.19. The predicted octanol–water partition coefficient (Wildman–Crippen LogP) is 3.72. The number of nitrogens with one attached hydrogen (secondary N) is 1. The van der Waals surface area contributed by atoms with Gasteiger partial charge in [-0.2, -0.15) is 4.31 Å². The number of amides is 1. The monoisotopic (exact) mass is 444 g/mol. The van der Waals surface area contributed by atoms with Gasteiger partial charge in [-0.1, -0.05) is 18.2 Å². The van der Waals surface area contributed by atoms with Crippen molar-refractivity contribution in [3.8, 4) is 0 Å². The molecule has 0 saturated heterocycles. The molecule has 1 N–H and O–H groups in total. The number of hydrogen-bond acceptors (Lipinski definition) is 6. The smallest absolute Gasteiger partial charge is 0.341 e. The first-order chi connectivity index (χ1) is 14.3. The summed E-state index contributed by atoms with van der Waals surface area (Å²) in [5.41, 5.74) is 0.591. The maximum atomic E-state index is 12.8. The molecule has 0 atom stereocenters. The Kier molecular flexibility index (Phi) is 5.35. The van der Waals surface area contributed by atoms with Crippen LogP contribution in [0.2, 0.25) is 0 Å². The minimum absolute atomic E-state index is 0.0580. The third-order valence-electron chi connectivity index (χ3n) is 5.07. The molecule has 0 bridgehead atoms. The SMILES string of the molecule is COC(=O)c1c(NC(=O)c2ccc(S(=O)(=O)N(C)C3CC3)cc2)sc2ccccc12. The Balaban J connectivity index is 1.60. The second-order valence-corrected chi connectivity index (χ2v) is 10.1. The number of esters is 1. The molecule has 1 saturated carbocycles. The van der Waals surface area contributed by atoms with Crippen LogP contribution in [0.4, 0.5) is 5.00 Å². The van der Waals surface area contributed by atoms with Gasteiger partial charge in [0.1, 0.15) is 10.6 Å². The van der Waals surface area contributed by atoms with Crippen molar-refractivity contribution in [1.82, 2.24) is 4.31 Å². The molecule has 9 heteroatoms. The number of methoxy groups -OCH3 is 1. The van der Waals surface area contributed by atoms with Gasteiger partial charge in [0.15, 0.2) is 0 Å². The van der Waals surface area contributed by atoms with Crippen LogP contribution in [0.15, 0.2) is 53.4 Å². The molecular weight excluding hydrogens is 424 g/mol. The molecule has 1 aromatic heterocycles. The Hall–Kier alpha value is -2.75. The number of hydrogen-bond donors (Lipinski definition) is 1. The number of benzene rings is 2. The summed E-state index contributed by atoms with van der Waals surface area (Å²) in [6.45, 7) is 0. The summed E-state index contributed by atoms with van der Waals surface area (Å²) in [5, 5.41) is 3.85. The molecule has 0 unspecified atom stereocenters. The summed E-state index contributed by atoms with van der Waals surface area (Å²) >= 11 is 1.28. The molecule has 2 aromatic carbocycles. The Morgan fingerprint density at radius 3 is 2.40 bits per heavy atom. The fourth-order valence-corrected chi connectivity index (χ4v) is 5.69. The van der Waals surface area contributed by atoms with E-state index in [4.69, 9.17) is 4.74 Å². The number of anilines is 1. The van der Waals surface area contributed by atoms with Crippen LogP contribution in [0, 0.1) is 0 Å². The topological polar surface area (TPSA) is 92.8 Å². The van der Waals surface area contributed by atoms with Crippen molar-refractivity contribution in [3.05, 3.63) is 59.7 Å². The zero-order valence-corrected chi connectivity index (χ0v) is 18.0. The number of carbonyl (C=O) groups is 2. The maximum Gasteiger partial charge on any atom is 0.341 e. The van der Waals surface area contributed by atoms with E-state index in [0.29, 0.717) is 16.0 Å². The first kappa shape index (κ1) is 20.5. The number of thiophene rings is 1. The van der Waals surface area contributed by atoms with Crippen LogP contribution in [0.25, 0.3) is 10.1 Å². The molecule has 0 radical (unpaired) electrons. The van der Waals surface area contributed by atoms with Crippen molar-refractivity contribution in [3.63, 3.8) is 0 Å². The minimum atomic E-state index is -3.57. The average Bonchev–Trinajstić information content (AvgIpc) is 3.53. The summed E-state index contributed by atoms with van der Waals surface area (Å²) in [6.07, 6.45) is 1.74. The zero-order valence-electron chi connectivity index (χ0n) is 16.4. The number of ether oxygens (including phenoxy) is 1. The molecule has 1 heterocycles. The van der Waals surface area contributed by atoms with Crippen LogP contribution >= 0.6 is 11.3 Å². The quantitative estimate of drug-likeness (QED) is 0.585. The van der Waals surface area contributed by atoms with Gasteiger partial charge in [-0.25, -0.2) is 13.2 Å². The summed E-state index contributed by atoms with van der Waals surface area (Å²) in [6, 6.07) is 13.2. The van der Waals surface area contributed by atoms with Crippen LogP contribution < -0.4 is 5.32 Å². The molecule has 30 heavy (non-hydrogen) atoms. The van der Waals surface area contributed by atoms with E-state index >= 15 is 0 Å². The molecule has 0 spiro atoms. The fraction of sp³-hybridized carbons (Fsp3) is 0.238. The average molecular weight is 445 g/mol. The molecule has 1 aliphatic rings. The third-order valence-corrected chi connectivity index (χ3v) is 8.08. The summed E-state index contributed by atoms with van der Waals surface area (Å²) in [5.74, 6) is -0.974. The van der Waals surface area contributed by atoms with Gasteiger partial charge in [0.05, 0.1) is 12.0 Å². The lowest BCUT2D eigenvalue weighted by molar-refractivity contribution is 0.0604. The Labute approximate surface area is 178 Å². The van der Waals surface area contributed by atoms with E-state index in [2.05, 4.69) is 5.32 Å². The molecule has 7 nitrogen and oxygen atoms in total. The Morgan fingerprint density at radius 1 is 1.10 bits per heavy atom. The number of sulfonamides is 1. The number of rotatable bonds is 6. The molecular formula is C21H20N2O5S2. The van der Waals surface area contributed by atoms with E-state index < -0.39 is 21.9 Å². The van der Waals surface area contributed by atoms with Crippen LogP contribution in [0.5, 0.6) is 0 Å². The van der Waals surface area contributed by atoms with Crippen molar-refractivity contribution in [2.45, 2.75) is 23.8 Å². The van der Waals surface area contributed by atoms with Crippen molar-refractivity contribution >= 4 is 48.3 Å². The highest BCUT2D eigenvalue weighted by Crippen LogP contribution is 2.36. The van der Waals surface area contributed by atoms with Gasteiger partial charge in [-0.15, -0.1) is 11.3 Å². The highest BCUT2D eigenvalue weighted by Gasteiger charge is 2.35. The number of nitrogens with zero attached hydrogens (tertiary/aromatic N) is 1. The third kappa shape index (κ3) is 3.71. The van der Waals surface area contributed by atoms with Gasteiger partial charge < -0.3 is 10.1 Å². The summed E-state index contributed by atoms with van der Waals surface area (Å²) in [7, 11) is -0.711. The second kappa shape index (κ2) is 7.82. The first-order valence-electron chi connectivity index (χ1n) is 9.32. The van der Waals surface area contributed by atoms with Crippen molar-refractivity contribution in [2.75, 3.05) is 19.5 Å². The second-order valence-electron chi connectivity index (χ2n) is 7.02. The van der Waals surface area contributed by atoms with Crippen molar-refractivity contribution < 1.29 is 22.7 Å². The first-order valence-corrected chi connectivity index (χ1v) is 11.6. The highest BCUT2D eigenvalue weighted by molar-refractivity contribution is 7.89. The van der Waals surface area contributed by atoms with E-state index in [0.717, 1.165) is 17.5 Å². The van der Waals surface area contributed by atoms with Crippen LogP contribution in [0.3, 0.4) is 0 Å².